The standard InChI is InChI=1S/C55H92N2.Pd/c1-6-11-12-13-14-15-16-17-18-19-20-21-22-23-24-25-26-27-28-29-30-31-32-33-34-35-36-41-55(57-54-45-43-50(38-8-3)52(47-54)40-10-5)48-56-53-44-42-49(37-7-2)51(46-53)39-9-4;/h36,41-48H,6-35,37-40H2,1-5H3;/b41-36+,56-48+,57-55+;. The number of rotatable bonds is 38. The third-order valence-corrected chi connectivity index (χ3v) is 11.8. The van der Waals surface area contributed by atoms with Gasteiger partial charge in [-0.05, 0) is 91.1 Å². The minimum atomic E-state index is 0. The largest absolute Gasteiger partial charge is 0.255 e. The molecule has 0 heterocycles. The van der Waals surface area contributed by atoms with Crippen LogP contribution in [0.15, 0.2) is 58.5 Å². The predicted octanol–water partition coefficient (Wildman–Crippen LogP) is 18.7. The summed E-state index contributed by atoms with van der Waals surface area (Å²) in [5.74, 6) is 0. The molecule has 2 aromatic carbocycles. The predicted molar refractivity (Wildman–Crippen MR) is 259 cm³/mol. The van der Waals surface area contributed by atoms with E-state index in [-0.39, 0.29) is 20.4 Å². The fourth-order valence-electron chi connectivity index (χ4n) is 8.41. The first-order chi connectivity index (χ1) is 28.1. The first-order valence-electron chi connectivity index (χ1n) is 25.2. The van der Waals surface area contributed by atoms with Gasteiger partial charge in [0.15, 0.2) is 0 Å². The van der Waals surface area contributed by atoms with Gasteiger partial charge in [0, 0.05) is 20.4 Å². The molecule has 0 spiro atoms. The smallest absolute Gasteiger partial charge is 0.0816 e. The van der Waals surface area contributed by atoms with E-state index in [1.807, 2.05) is 6.21 Å². The Morgan fingerprint density at radius 2 is 0.741 bits per heavy atom. The van der Waals surface area contributed by atoms with Crippen LogP contribution in [0.25, 0.3) is 0 Å². The fourth-order valence-corrected chi connectivity index (χ4v) is 8.41. The summed E-state index contributed by atoms with van der Waals surface area (Å²) in [5, 5.41) is 0. The molecule has 0 aliphatic heterocycles. The van der Waals surface area contributed by atoms with Crippen molar-refractivity contribution < 1.29 is 20.4 Å². The normalized spacial score (nSPS) is 12.0. The van der Waals surface area contributed by atoms with Gasteiger partial charge < -0.3 is 0 Å². The molecule has 2 nitrogen and oxygen atoms in total. The maximum absolute atomic E-state index is 5.14. The fraction of sp³-hybridized carbons (Fsp3) is 0.709. The molecule has 58 heavy (non-hydrogen) atoms. The van der Waals surface area contributed by atoms with Gasteiger partial charge in [-0.1, -0.05) is 233 Å². The molecule has 0 saturated carbocycles. The van der Waals surface area contributed by atoms with Crippen LogP contribution in [0.4, 0.5) is 11.4 Å². The van der Waals surface area contributed by atoms with Gasteiger partial charge in [-0.3, -0.25) is 4.99 Å². The second-order valence-electron chi connectivity index (χ2n) is 17.4. The summed E-state index contributed by atoms with van der Waals surface area (Å²) in [4.78, 5) is 10.1. The van der Waals surface area contributed by atoms with Crippen molar-refractivity contribution in [2.45, 2.75) is 253 Å². The molecular formula is C55H92N2Pd. The minimum absolute atomic E-state index is 0. The summed E-state index contributed by atoms with van der Waals surface area (Å²) < 4.78 is 0. The van der Waals surface area contributed by atoms with Crippen molar-refractivity contribution in [1.82, 2.24) is 0 Å². The second-order valence-corrected chi connectivity index (χ2v) is 17.4. The van der Waals surface area contributed by atoms with Crippen molar-refractivity contribution >= 4 is 23.3 Å². The van der Waals surface area contributed by atoms with E-state index in [9.17, 15) is 0 Å². The number of hydrogen-bond donors (Lipinski definition) is 0. The van der Waals surface area contributed by atoms with Crippen molar-refractivity contribution in [1.29, 1.82) is 0 Å². The SMILES string of the molecule is CCCCCCCCCCCCCCCCCCCCCCCCCCC/C=C/C(/C=N/c1ccc(CCC)c(CCC)c1)=N\c1ccc(CCC)c(CCC)c1.[Pd]. The van der Waals surface area contributed by atoms with Crippen molar-refractivity contribution in [3.8, 4) is 0 Å². The summed E-state index contributed by atoms with van der Waals surface area (Å²) in [6, 6.07) is 13.6. The molecule has 0 N–H and O–H groups in total. The van der Waals surface area contributed by atoms with Crippen molar-refractivity contribution in [3.05, 3.63) is 70.8 Å². The topological polar surface area (TPSA) is 24.7 Å². The van der Waals surface area contributed by atoms with E-state index >= 15 is 0 Å². The number of aryl methyl sites for hydroxylation is 4. The van der Waals surface area contributed by atoms with E-state index < -0.39 is 0 Å². The molecule has 0 atom stereocenters. The summed E-state index contributed by atoms with van der Waals surface area (Å²) in [5.41, 5.74) is 8.86. The molecule has 3 heteroatoms. The van der Waals surface area contributed by atoms with Crippen molar-refractivity contribution in [2.75, 3.05) is 0 Å². The zero-order chi connectivity index (χ0) is 40.9. The zero-order valence-electron chi connectivity index (χ0n) is 38.9. The number of unbranched alkanes of at least 4 members (excludes halogenated alkanes) is 25. The Balaban J connectivity index is 0.0000168. The van der Waals surface area contributed by atoms with E-state index in [2.05, 4.69) is 83.2 Å². The zero-order valence-corrected chi connectivity index (χ0v) is 40.5. The van der Waals surface area contributed by atoms with Crippen LogP contribution in [0.3, 0.4) is 0 Å². The molecular weight excluding hydrogens is 795 g/mol. The Kier molecular flexibility index (Phi) is 36.7. The number of hydrogen-bond acceptors (Lipinski definition) is 2. The monoisotopic (exact) mass is 887 g/mol. The van der Waals surface area contributed by atoms with E-state index in [4.69, 9.17) is 9.98 Å². The molecule has 0 aromatic heterocycles. The van der Waals surface area contributed by atoms with E-state index in [0.717, 1.165) is 62.0 Å². The van der Waals surface area contributed by atoms with Gasteiger partial charge in [-0.15, -0.1) is 0 Å². The van der Waals surface area contributed by atoms with Crippen LogP contribution in [0, 0.1) is 0 Å². The quantitative estimate of drug-likeness (QED) is 0.0365. The van der Waals surface area contributed by atoms with Gasteiger partial charge in [0.2, 0.25) is 0 Å². The van der Waals surface area contributed by atoms with Gasteiger partial charge in [0.05, 0.1) is 23.3 Å². The maximum atomic E-state index is 5.14. The summed E-state index contributed by atoms with van der Waals surface area (Å²) in [7, 11) is 0. The molecule has 2 rings (SSSR count). The second kappa shape index (κ2) is 39.3. The van der Waals surface area contributed by atoms with Gasteiger partial charge in [-0.2, -0.15) is 0 Å². The third-order valence-electron chi connectivity index (χ3n) is 11.8. The van der Waals surface area contributed by atoms with Gasteiger partial charge in [-0.25, -0.2) is 4.99 Å². The molecule has 0 unspecified atom stereocenters. The van der Waals surface area contributed by atoms with Crippen LogP contribution in [0.1, 0.15) is 249 Å². The molecule has 2 aromatic rings. The molecule has 0 aliphatic rings. The summed E-state index contributed by atoms with van der Waals surface area (Å²) in [6.07, 6.45) is 52.7. The van der Waals surface area contributed by atoms with Gasteiger partial charge in [0.1, 0.15) is 0 Å². The van der Waals surface area contributed by atoms with E-state index in [1.54, 1.807) is 0 Å². The van der Waals surface area contributed by atoms with Crippen LogP contribution in [0.5, 0.6) is 0 Å². The number of benzene rings is 2. The van der Waals surface area contributed by atoms with Crippen molar-refractivity contribution in [3.63, 3.8) is 0 Å². The molecule has 332 valence electrons. The molecule has 0 amide bonds. The number of allylic oxidation sites excluding steroid dienone is 2. The Bertz CT molecular complexity index is 1320. The van der Waals surface area contributed by atoms with E-state index in [1.165, 1.54) is 196 Å². The van der Waals surface area contributed by atoms with Crippen LogP contribution < -0.4 is 0 Å². The molecule has 0 saturated heterocycles. The molecule has 0 radical (unpaired) electrons. The first kappa shape index (κ1) is 54.2. The van der Waals surface area contributed by atoms with Gasteiger partial charge in [0.25, 0.3) is 0 Å². The first-order valence-corrected chi connectivity index (χ1v) is 25.2. The summed E-state index contributed by atoms with van der Waals surface area (Å²) >= 11 is 0. The maximum Gasteiger partial charge on any atom is 0.0816 e. The molecule has 0 bridgehead atoms. The number of nitrogens with zero attached hydrogens (tertiary/aromatic N) is 2. The Labute approximate surface area is 375 Å². The van der Waals surface area contributed by atoms with E-state index in [0.29, 0.717) is 0 Å². The van der Waals surface area contributed by atoms with Crippen LogP contribution in [-0.4, -0.2) is 11.9 Å². The van der Waals surface area contributed by atoms with Gasteiger partial charge >= 0.3 is 0 Å². The Morgan fingerprint density at radius 3 is 1.14 bits per heavy atom. The third kappa shape index (κ3) is 27.8. The van der Waals surface area contributed by atoms with Crippen molar-refractivity contribution in [2.24, 2.45) is 9.98 Å². The average Bonchev–Trinajstić information content (AvgIpc) is 3.21. The van der Waals surface area contributed by atoms with Crippen LogP contribution >= 0.6 is 0 Å². The number of aliphatic imine (C=N–C) groups is 2. The average molecular weight is 888 g/mol. The molecule has 0 fully saturated rings. The summed E-state index contributed by atoms with van der Waals surface area (Å²) in [6.45, 7) is 11.4. The Morgan fingerprint density at radius 1 is 0.397 bits per heavy atom. The molecule has 0 aliphatic carbocycles. The Hall–Kier alpha value is -1.82. The van der Waals surface area contributed by atoms with Crippen LogP contribution in [-0.2, 0) is 46.1 Å². The van der Waals surface area contributed by atoms with Crippen LogP contribution in [0.2, 0.25) is 0 Å². The minimum Gasteiger partial charge on any atom is -0.255 e.